The predicted molar refractivity (Wildman–Crippen MR) is 112 cm³/mol. The van der Waals surface area contributed by atoms with Crippen molar-refractivity contribution in [3.05, 3.63) is 59.7 Å². The first-order valence-corrected chi connectivity index (χ1v) is 9.05. The zero-order valence-electron chi connectivity index (χ0n) is 16.4. The molecule has 2 aromatic rings. The van der Waals surface area contributed by atoms with Crippen LogP contribution in [0.1, 0.15) is 24.0 Å². The van der Waals surface area contributed by atoms with E-state index in [0.29, 0.717) is 0 Å². The van der Waals surface area contributed by atoms with E-state index in [-0.39, 0.29) is 0 Å². The molecule has 2 N–H and O–H groups in total. The van der Waals surface area contributed by atoms with E-state index in [0.717, 1.165) is 13.0 Å². The van der Waals surface area contributed by atoms with Gasteiger partial charge >= 0.3 is 11.9 Å². The third-order valence-electron chi connectivity index (χ3n) is 4.47. The van der Waals surface area contributed by atoms with E-state index in [9.17, 15) is 0 Å². The molecule has 1 aliphatic rings. The summed E-state index contributed by atoms with van der Waals surface area (Å²) in [6.45, 7) is 1.12. The lowest BCUT2D eigenvalue weighted by Gasteiger charge is -2.22. The lowest BCUT2D eigenvalue weighted by molar-refractivity contribution is -0.159. The summed E-state index contributed by atoms with van der Waals surface area (Å²) < 4.78 is 0. The van der Waals surface area contributed by atoms with E-state index < -0.39 is 11.9 Å². The Morgan fingerprint density at radius 1 is 0.929 bits per heavy atom. The Hall–Kier alpha value is -3.12. The molecular formula is C22H26N2O4. The molecule has 3 rings (SSSR count). The van der Waals surface area contributed by atoms with Crippen molar-refractivity contribution in [1.29, 1.82) is 0 Å². The van der Waals surface area contributed by atoms with Crippen LogP contribution in [0.3, 0.4) is 0 Å². The fourth-order valence-corrected chi connectivity index (χ4v) is 3.14. The van der Waals surface area contributed by atoms with Gasteiger partial charge in [0.15, 0.2) is 0 Å². The lowest BCUT2D eigenvalue weighted by atomic mass is 9.98. The minimum Gasteiger partial charge on any atom is -0.473 e. The summed E-state index contributed by atoms with van der Waals surface area (Å²) in [5, 5.41) is 14.8. The highest BCUT2D eigenvalue weighted by Crippen LogP contribution is 2.39. The molecule has 0 spiro atoms. The minimum atomic E-state index is -1.82. The molecule has 148 valence electrons. The normalized spacial score (nSPS) is 12.1. The van der Waals surface area contributed by atoms with E-state index in [1.165, 1.54) is 34.5 Å². The summed E-state index contributed by atoms with van der Waals surface area (Å²) in [5.41, 5.74) is 6.68. The Morgan fingerprint density at radius 2 is 1.50 bits per heavy atom. The van der Waals surface area contributed by atoms with Crippen LogP contribution in [0, 0.1) is 0 Å². The van der Waals surface area contributed by atoms with Crippen LogP contribution in [-0.4, -0.2) is 54.7 Å². The highest BCUT2D eigenvalue weighted by molar-refractivity contribution is 6.27. The van der Waals surface area contributed by atoms with Gasteiger partial charge in [0, 0.05) is 24.0 Å². The monoisotopic (exact) mass is 382 g/mol. The Labute approximate surface area is 165 Å². The summed E-state index contributed by atoms with van der Waals surface area (Å²) in [4.78, 5) is 22.8. The number of carboxylic acid groups (broad SMARTS) is 2. The van der Waals surface area contributed by atoms with Crippen molar-refractivity contribution in [1.82, 2.24) is 4.90 Å². The number of para-hydroxylation sites is 2. The van der Waals surface area contributed by atoms with E-state index >= 15 is 0 Å². The molecule has 0 fully saturated rings. The molecule has 0 aromatic heterocycles. The van der Waals surface area contributed by atoms with Gasteiger partial charge in [-0.15, -0.1) is 0 Å². The van der Waals surface area contributed by atoms with Gasteiger partial charge in [-0.05, 0) is 62.8 Å². The second-order valence-corrected chi connectivity index (χ2v) is 6.82. The Morgan fingerprint density at radius 3 is 2.11 bits per heavy atom. The molecule has 28 heavy (non-hydrogen) atoms. The molecular weight excluding hydrogens is 356 g/mol. The number of rotatable bonds is 4. The molecule has 0 amide bonds. The van der Waals surface area contributed by atoms with E-state index in [4.69, 9.17) is 19.8 Å². The van der Waals surface area contributed by atoms with Crippen LogP contribution < -0.4 is 4.90 Å². The van der Waals surface area contributed by atoms with Crippen molar-refractivity contribution in [3.8, 4) is 0 Å². The maximum Gasteiger partial charge on any atom is 0.414 e. The largest absolute Gasteiger partial charge is 0.473 e. The van der Waals surface area contributed by atoms with E-state index in [2.05, 4.69) is 85.5 Å². The van der Waals surface area contributed by atoms with Crippen LogP contribution in [0.2, 0.25) is 0 Å². The van der Waals surface area contributed by atoms with Crippen molar-refractivity contribution >= 4 is 35.0 Å². The number of fused-ring (bicyclic) bond motifs is 2. The fourth-order valence-electron chi connectivity index (χ4n) is 3.14. The average molecular weight is 382 g/mol. The van der Waals surface area contributed by atoms with Crippen molar-refractivity contribution in [2.45, 2.75) is 12.8 Å². The standard InChI is InChI=1S/C20H24N2.C2H2O4/c1-21(2)14-8-10-16-15-17-9-4-6-12-19(17)22(3)20-13-7-5-11-18(16)20;3-1(4)2(5)6/h4-7,9,11-13,15H,8,10,14H2,1-3H3;(H,3,4)(H,5,6). The summed E-state index contributed by atoms with van der Waals surface area (Å²) >= 11 is 0. The van der Waals surface area contributed by atoms with Crippen molar-refractivity contribution in [2.75, 3.05) is 32.6 Å². The first kappa shape index (κ1) is 21.2. The number of hydrogen-bond donors (Lipinski definition) is 2. The van der Waals surface area contributed by atoms with E-state index in [1.54, 1.807) is 0 Å². The van der Waals surface area contributed by atoms with Crippen molar-refractivity contribution < 1.29 is 19.8 Å². The van der Waals surface area contributed by atoms with Crippen LogP contribution in [-0.2, 0) is 9.59 Å². The molecule has 2 aromatic carbocycles. The zero-order chi connectivity index (χ0) is 20.7. The minimum absolute atomic E-state index is 1.11. The number of nitrogens with zero attached hydrogens (tertiary/aromatic N) is 2. The van der Waals surface area contributed by atoms with Crippen molar-refractivity contribution in [3.63, 3.8) is 0 Å². The van der Waals surface area contributed by atoms with Gasteiger partial charge in [-0.1, -0.05) is 36.4 Å². The maximum absolute atomic E-state index is 9.10. The topological polar surface area (TPSA) is 81.1 Å². The summed E-state index contributed by atoms with van der Waals surface area (Å²) in [6.07, 6.45) is 4.66. The molecule has 0 aliphatic carbocycles. The van der Waals surface area contributed by atoms with E-state index in [1.807, 2.05) is 0 Å². The second kappa shape index (κ2) is 9.71. The number of anilines is 2. The molecule has 0 bridgehead atoms. The number of allylic oxidation sites excluding steroid dienone is 1. The molecule has 1 aliphatic heterocycles. The summed E-state index contributed by atoms with van der Waals surface area (Å²) in [6, 6.07) is 17.4. The van der Waals surface area contributed by atoms with Gasteiger partial charge in [0.2, 0.25) is 0 Å². The van der Waals surface area contributed by atoms with Gasteiger partial charge < -0.3 is 20.0 Å². The summed E-state index contributed by atoms with van der Waals surface area (Å²) in [5.74, 6) is -3.65. The molecule has 0 saturated carbocycles. The molecule has 0 atom stereocenters. The second-order valence-electron chi connectivity index (χ2n) is 6.82. The molecule has 0 saturated heterocycles. The lowest BCUT2D eigenvalue weighted by Crippen LogP contribution is -2.13. The molecule has 0 unspecified atom stereocenters. The van der Waals surface area contributed by atoms with Crippen LogP contribution in [0.15, 0.2) is 48.5 Å². The average Bonchev–Trinajstić information content (AvgIpc) is 2.78. The number of hydrogen-bond acceptors (Lipinski definition) is 4. The highest BCUT2D eigenvalue weighted by Gasteiger charge is 2.18. The first-order valence-electron chi connectivity index (χ1n) is 9.05. The Balaban J connectivity index is 0.000000409. The number of aliphatic carboxylic acids is 2. The van der Waals surface area contributed by atoms with Crippen LogP contribution in [0.5, 0.6) is 0 Å². The molecule has 6 nitrogen and oxygen atoms in total. The summed E-state index contributed by atoms with van der Waals surface area (Å²) in [7, 11) is 6.44. The fraction of sp³-hybridized carbons (Fsp3) is 0.273. The first-order chi connectivity index (χ1) is 13.3. The van der Waals surface area contributed by atoms with Gasteiger partial charge in [-0.2, -0.15) is 0 Å². The van der Waals surface area contributed by atoms with Crippen LogP contribution >= 0.6 is 0 Å². The van der Waals surface area contributed by atoms with Gasteiger partial charge in [-0.3, -0.25) is 0 Å². The zero-order valence-corrected chi connectivity index (χ0v) is 16.4. The van der Waals surface area contributed by atoms with Gasteiger partial charge in [0.1, 0.15) is 0 Å². The van der Waals surface area contributed by atoms with Crippen molar-refractivity contribution in [2.24, 2.45) is 0 Å². The molecule has 0 radical (unpaired) electrons. The van der Waals surface area contributed by atoms with Gasteiger partial charge in [0.05, 0.1) is 0 Å². The third-order valence-corrected chi connectivity index (χ3v) is 4.47. The number of benzene rings is 2. The quantitative estimate of drug-likeness (QED) is 0.783. The highest BCUT2D eigenvalue weighted by atomic mass is 16.4. The maximum atomic E-state index is 9.10. The van der Waals surface area contributed by atoms with Gasteiger partial charge in [-0.25, -0.2) is 9.59 Å². The Kier molecular flexibility index (Phi) is 7.35. The van der Waals surface area contributed by atoms with Crippen LogP contribution in [0.25, 0.3) is 11.6 Å². The molecule has 6 heteroatoms. The van der Waals surface area contributed by atoms with Gasteiger partial charge in [0.25, 0.3) is 0 Å². The number of carbonyl (C=O) groups is 2. The Bertz CT molecular complexity index is 862. The third kappa shape index (κ3) is 5.44. The SMILES string of the molecule is CN(C)CCCC1=Cc2ccccc2N(C)c2ccccc21.O=C(O)C(=O)O. The molecule has 1 heterocycles. The van der Waals surface area contributed by atoms with Crippen LogP contribution in [0.4, 0.5) is 11.4 Å². The smallest absolute Gasteiger partial charge is 0.414 e. The number of carboxylic acids is 2. The predicted octanol–water partition coefficient (Wildman–Crippen LogP) is 3.81.